The summed E-state index contributed by atoms with van der Waals surface area (Å²) in [4.78, 5) is 24.4. The highest BCUT2D eigenvalue weighted by molar-refractivity contribution is 5.96. The predicted octanol–water partition coefficient (Wildman–Crippen LogP) is 2.31. The van der Waals surface area contributed by atoms with Gasteiger partial charge in [0.25, 0.3) is 0 Å². The van der Waals surface area contributed by atoms with Crippen molar-refractivity contribution in [1.29, 1.82) is 0 Å². The van der Waals surface area contributed by atoms with Crippen LogP contribution >= 0.6 is 0 Å². The predicted molar refractivity (Wildman–Crippen MR) is 78.5 cm³/mol. The van der Waals surface area contributed by atoms with E-state index in [1.165, 1.54) is 0 Å². The molecule has 122 valence electrons. The normalized spacial score (nSPS) is 28.2. The van der Waals surface area contributed by atoms with Crippen LogP contribution in [0.2, 0.25) is 0 Å². The Kier molecular flexibility index (Phi) is 5.79. The lowest BCUT2D eigenvalue weighted by Crippen LogP contribution is -2.55. The molecule has 0 aromatic carbocycles. The standard InChI is InChI=1S/C16H28O5/c1-6-20-13(17)12(14(18)21-7-2)16(19)9-8-15(4,5)10-11(16)3/h11-12,19H,6-10H2,1-5H3. The minimum absolute atomic E-state index is 0.0967. The summed E-state index contributed by atoms with van der Waals surface area (Å²) < 4.78 is 9.98. The molecule has 0 heterocycles. The molecule has 5 nitrogen and oxygen atoms in total. The molecule has 2 atom stereocenters. The van der Waals surface area contributed by atoms with E-state index in [2.05, 4.69) is 13.8 Å². The van der Waals surface area contributed by atoms with E-state index in [4.69, 9.17) is 9.47 Å². The number of carbonyl (C=O) groups is 2. The molecule has 0 aromatic heterocycles. The van der Waals surface area contributed by atoms with Gasteiger partial charge >= 0.3 is 11.9 Å². The van der Waals surface area contributed by atoms with Gasteiger partial charge in [-0.3, -0.25) is 9.59 Å². The lowest BCUT2D eigenvalue weighted by molar-refractivity contribution is -0.186. The molecule has 0 amide bonds. The zero-order valence-corrected chi connectivity index (χ0v) is 13.8. The summed E-state index contributed by atoms with van der Waals surface area (Å²) in [6.07, 6.45) is 1.89. The van der Waals surface area contributed by atoms with Crippen LogP contribution in [0.25, 0.3) is 0 Å². The second kappa shape index (κ2) is 6.77. The Balaban J connectivity index is 3.06. The van der Waals surface area contributed by atoms with Crippen molar-refractivity contribution < 1.29 is 24.2 Å². The Labute approximate surface area is 127 Å². The van der Waals surface area contributed by atoms with Gasteiger partial charge in [0.2, 0.25) is 0 Å². The van der Waals surface area contributed by atoms with E-state index in [0.29, 0.717) is 6.42 Å². The third-order valence-corrected chi connectivity index (χ3v) is 4.46. The molecular weight excluding hydrogens is 272 g/mol. The van der Waals surface area contributed by atoms with Gasteiger partial charge in [0.1, 0.15) is 0 Å². The fourth-order valence-electron chi connectivity index (χ4n) is 3.28. The van der Waals surface area contributed by atoms with Gasteiger partial charge in [0, 0.05) is 0 Å². The summed E-state index contributed by atoms with van der Waals surface area (Å²) in [6.45, 7) is 9.84. The zero-order valence-electron chi connectivity index (χ0n) is 13.8. The summed E-state index contributed by atoms with van der Waals surface area (Å²) in [6, 6.07) is 0. The van der Waals surface area contributed by atoms with Gasteiger partial charge in [0.05, 0.1) is 18.8 Å². The van der Waals surface area contributed by atoms with Gasteiger partial charge in [-0.25, -0.2) is 0 Å². The van der Waals surface area contributed by atoms with Crippen LogP contribution < -0.4 is 0 Å². The largest absolute Gasteiger partial charge is 0.465 e. The van der Waals surface area contributed by atoms with Gasteiger partial charge in [-0.1, -0.05) is 20.8 Å². The first-order valence-electron chi connectivity index (χ1n) is 7.73. The maximum atomic E-state index is 12.2. The van der Waals surface area contributed by atoms with Crippen LogP contribution in [0.15, 0.2) is 0 Å². The van der Waals surface area contributed by atoms with Crippen molar-refractivity contribution in [2.75, 3.05) is 13.2 Å². The van der Waals surface area contributed by atoms with Crippen molar-refractivity contribution in [3.05, 3.63) is 0 Å². The Morgan fingerprint density at radius 1 is 1.14 bits per heavy atom. The molecule has 0 bridgehead atoms. The number of ether oxygens (including phenoxy) is 2. The lowest BCUT2D eigenvalue weighted by Gasteiger charge is -2.47. The lowest BCUT2D eigenvalue weighted by atomic mass is 9.61. The second-order valence-corrected chi connectivity index (χ2v) is 6.70. The Hall–Kier alpha value is -1.10. The Morgan fingerprint density at radius 2 is 1.62 bits per heavy atom. The molecule has 0 radical (unpaired) electrons. The van der Waals surface area contributed by atoms with Gasteiger partial charge in [-0.15, -0.1) is 0 Å². The van der Waals surface area contributed by atoms with Crippen molar-refractivity contribution in [3.63, 3.8) is 0 Å². The maximum absolute atomic E-state index is 12.2. The van der Waals surface area contributed by atoms with Crippen LogP contribution in [-0.4, -0.2) is 35.9 Å². The van der Waals surface area contributed by atoms with Crippen molar-refractivity contribution in [3.8, 4) is 0 Å². The third kappa shape index (κ3) is 3.96. The minimum atomic E-state index is -1.39. The molecule has 0 saturated heterocycles. The molecule has 21 heavy (non-hydrogen) atoms. The first-order chi connectivity index (χ1) is 9.68. The molecule has 1 aliphatic rings. The van der Waals surface area contributed by atoms with E-state index < -0.39 is 23.5 Å². The molecule has 1 saturated carbocycles. The SMILES string of the molecule is CCOC(=O)C(C(=O)OCC)C1(O)CCC(C)(C)CC1C. The van der Waals surface area contributed by atoms with Crippen molar-refractivity contribution >= 4 is 11.9 Å². The summed E-state index contributed by atoms with van der Waals surface area (Å²) in [5.41, 5.74) is -1.30. The second-order valence-electron chi connectivity index (χ2n) is 6.70. The summed E-state index contributed by atoms with van der Waals surface area (Å²) >= 11 is 0. The molecule has 1 aliphatic carbocycles. The highest BCUT2D eigenvalue weighted by atomic mass is 16.6. The molecule has 2 unspecified atom stereocenters. The Morgan fingerprint density at radius 3 is 2.00 bits per heavy atom. The number of hydrogen-bond donors (Lipinski definition) is 1. The van der Waals surface area contributed by atoms with Crippen LogP contribution in [0.1, 0.15) is 53.9 Å². The highest BCUT2D eigenvalue weighted by Crippen LogP contribution is 2.47. The van der Waals surface area contributed by atoms with Gasteiger partial charge < -0.3 is 14.6 Å². The van der Waals surface area contributed by atoms with Crippen LogP contribution in [0.4, 0.5) is 0 Å². The van der Waals surface area contributed by atoms with Gasteiger partial charge in [0.15, 0.2) is 5.92 Å². The summed E-state index contributed by atoms with van der Waals surface area (Å²) in [7, 11) is 0. The fourth-order valence-corrected chi connectivity index (χ4v) is 3.28. The highest BCUT2D eigenvalue weighted by Gasteiger charge is 2.54. The summed E-state index contributed by atoms with van der Waals surface area (Å²) in [5, 5.41) is 11.0. The van der Waals surface area contributed by atoms with E-state index >= 15 is 0 Å². The van der Waals surface area contributed by atoms with Crippen molar-refractivity contribution in [2.24, 2.45) is 17.3 Å². The van der Waals surface area contributed by atoms with Crippen LogP contribution in [-0.2, 0) is 19.1 Å². The van der Waals surface area contributed by atoms with E-state index in [-0.39, 0.29) is 24.5 Å². The number of rotatable bonds is 5. The first kappa shape index (κ1) is 18.0. The van der Waals surface area contributed by atoms with Crippen molar-refractivity contribution in [2.45, 2.75) is 59.5 Å². The molecular formula is C16H28O5. The molecule has 5 heteroatoms. The van der Waals surface area contributed by atoms with Gasteiger partial charge in [-0.05, 0) is 44.4 Å². The van der Waals surface area contributed by atoms with E-state index in [9.17, 15) is 14.7 Å². The molecule has 1 fully saturated rings. The zero-order chi connectivity index (χ0) is 16.3. The fraction of sp³-hybridized carbons (Fsp3) is 0.875. The van der Waals surface area contributed by atoms with Crippen LogP contribution in [0, 0.1) is 17.3 Å². The average molecular weight is 300 g/mol. The Bertz CT molecular complexity index is 372. The van der Waals surface area contributed by atoms with Crippen LogP contribution in [0.3, 0.4) is 0 Å². The quantitative estimate of drug-likeness (QED) is 0.623. The molecule has 0 spiro atoms. The number of carbonyl (C=O) groups excluding carboxylic acids is 2. The van der Waals surface area contributed by atoms with E-state index in [1.807, 2.05) is 6.92 Å². The number of esters is 2. The minimum Gasteiger partial charge on any atom is -0.465 e. The van der Waals surface area contributed by atoms with E-state index in [0.717, 1.165) is 12.8 Å². The molecule has 0 aromatic rings. The topological polar surface area (TPSA) is 72.8 Å². The number of aliphatic hydroxyl groups is 1. The van der Waals surface area contributed by atoms with Crippen LogP contribution in [0.5, 0.6) is 0 Å². The average Bonchev–Trinajstić information content (AvgIpc) is 2.35. The molecule has 0 aliphatic heterocycles. The molecule has 1 N–H and O–H groups in total. The van der Waals surface area contributed by atoms with E-state index in [1.54, 1.807) is 13.8 Å². The van der Waals surface area contributed by atoms with Crippen molar-refractivity contribution in [1.82, 2.24) is 0 Å². The summed E-state index contributed by atoms with van der Waals surface area (Å²) in [5.74, 6) is -2.82. The third-order valence-electron chi connectivity index (χ3n) is 4.46. The monoisotopic (exact) mass is 300 g/mol. The smallest absolute Gasteiger partial charge is 0.323 e. The van der Waals surface area contributed by atoms with Gasteiger partial charge in [-0.2, -0.15) is 0 Å². The molecule has 1 rings (SSSR count). The first-order valence-corrected chi connectivity index (χ1v) is 7.73. The number of hydrogen-bond acceptors (Lipinski definition) is 5. The maximum Gasteiger partial charge on any atom is 0.323 e.